The van der Waals surface area contributed by atoms with Crippen LogP contribution in [0.25, 0.3) is 22.0 Å². The molecule has 0 saturated heterocycles. The molecule has 2 aromatic carbocycles. The number of aromatic nitrogens is 1. The molecule has 0 fully saturated rings. The van der Waals surface area contributed by atoms with Crippen LogP contribution in [0, 0.1) is 0 Å². The third-order valence-corrected chi connectivity index (χ3v) is 3.57. The number of benzene rings is 2. The van der Waals surface area contributed by atoms with Crippen molar-refractivity contribution in [1.29, 1.82) is 0 Å². The van der Waals surface area contributed by atoms with E-state index in [2.05, 4.69) is 29.2 Å². The van der Waals surface area contributed by atoms with E-state index in [0.717, 1.165) is 28.1 Å². The van der Waals surface area contributed by atoms with Gasteiger partial charge in [-0.25, -0.2) is 0 Å². The van der Waals surface area contributed by atoms with Gasteiger partial charge >= 0.3 is 0 Å². The van der Waals surface area contributed by atoms with E-state index in [0.29, 0.717) is 6.54 Å². The molecule has 1 heterocycles. The smallest absolute Gasteiger partial charge is 0.0463 e. The number of hydrogen-bond acceptors (Lipinski definition) is 1. The van der Waals surface area contributed by atoms with Crippen molar-refractivity contribution in [1.82, 2.24) is 4.98 Å². The van der Waals surface area contributed by atoms with Crippen LogP contribution in [0.3, 0.4) is 0 Å². The molecule has 1 aromatic heterocycles. The number of aromatic amines is 1. The lowest BCUT2D eigenvalue weighted by Gasteiger charge is -2.03. The number of halogens is 1. The lowest BCUT2D eigenvalue weighted by molar-refractivity contribution is 0.976. The van der Waals surface area contributed by atoms with E-state index in [1.165, 1.54) is 10.9 Å². The first-order chi connectivity index (χ1) is 9.28. The zero-order valence-corrected chi connectivity index (χ0v) is 11.2. The van der Waals surface area contributed by atoms with Crippen molar-refractivity contribution in [3.05, 3.63) is 59.2 Å². The van der Waals surface area contributed by atoms with Gasteiger partial charge in [0, 0.05) is 22.1 Å². The van der Waals surface area contributed by atoms with Crippen LogP contribution >= 0.6 is 11.6 Å². The van der Waals surface area contributed by atoms with Crippen LogP contribution in [0.15, 0.2) is 48.7 Å². The molecule has 0 saturated carbocycles. The van der Waals surface area contributed by atoms with E-state index in [9.17, 15) is 0 Å². The molecule has 0 atom stereocenters. The molecular formula is C16H15ClN2. The molecule has 96 valence electrons. The third-order valence-electron chi connectivity index (χ3n) is 3.34. The van der Waals surface area contributed by atoms with E-state index in [4.69, 9.17) is 17.3 Å². The first-order valence-corrected chi connectivity index (χ1v) is 6.72. The number of nitrogens with two attached hydrogens (primary N) is 1. The fourth-order valence-corrected chi connectivity index (χ4v) is 2.59. The Balaban J connectivity index is 2.07. The van der Waals surface area contributed by atoms with Crippen molar-refractivity contribution in [2.45, 2.75) is 6.42 Å². The van der Waals surface area contributed by atoms with Crippen molar-refractivity contribution < 1.29 is 0 Å². The number of hydrogen-bond donors (Lipinski definition) is 2. The summed E-state index contributed by atoms with van der Waals surface area (Å²) < 4.78 is 0. The van der Waals surface area contributed by atoms with Gasteiger partial charge in [0.1, 0.15) is 0 Å². The summed E-state index contributed by atoms with van der Waals surface area (Å²) in [6.07, 6.45) is 2.94. The Morgan fingerprint density at radius 1 is 1.05 bits per heavy atom. The highest BCUT2D eigenvalue weighted by atomic mass is 35.5. The maximum atomic E-state index is 6.04. The normalized spacial score (nSPS) is 11.1. The highest BCUT2D eigenvalue weighted by molar-refractivity contribution is 6.30. The first kappa shape index (κ1) is 12.3. The third kappa shape index (κ3) is 2.37. The van der Waals surface area contributed by atoms with E-state index < -0.39 is 0 Å². The molecule has 0 aliphatic rings. The van der Waals surface area contributed by atoms with Crippen molar-refractivity contribution in [3.8, 4) is 11.1 Å². The minimum atomic E-state index is 0.670. The van der Waals surface area contributed by atoms with Crippen LogP contribution in [-0.2, 0) is 6.42 Å². The van der Waals surface area contributed by atoms with Crippen molar-refractivity contribution >= 4 is 22.5 Å². The zero-order valence-electron chi connectivity index (χ0n) is 10.5. The molecule has 3 N–H and O–H groups in total. The summed E-state index contributed by atoms with van der Waals surface area (Å²) in [6.45, 7) is 0.670. The Morgan fingerprint density at radius 3 is 2.68 bits per heavy atom. The Bertz CT molecular complexity index is 716. The second-order valence-corrected chi connectivity index (χ2v) is 5.06. The Morgan fingerprint density at radius 2 is 1.89 bits per heavy atom. The number of fused-ring (bicyclic) bond motifs is 1. The average molecular weight is 271 g/mol. The molecule has 0 bridgehead atoms. The molecule has 0 aliphatic heterocycles. The monoisotopic (exact) mass is 270 g/mol. The highest BCUT2D eigenvalue weighted by Crippen LogP contribution is 2.27. The number of nitrogens with one attached hydrogen (secondary N) is 1. The standard InChI is InChI=1S/C16H15ClN2/c17-14-3-1-2-11(8-14)12-4-5-15-13(6-7-18)10-19-16(15)9-12/h1-5,8-10,19H,6-7,18H2. The zero-order chi connectivity index (χ0) is 13.2. The topological polar surface area (TPSA) is 41.8 Å². The van der Waals surface area contributed by atoms with Crippen LogP contribution in [0.2, 0.25) is 5.02 Å². The maximum Gasteiger partial charge on any atom is 0.0463 e. The molecular weight excluding hydrogens is 256 g/mol. The highest BCUT2D eigenvalue weighted by Gasteiger charge is 2.05. The largest absolute Gasteiger partial charge is 0.361 e. The van der Waals surface area contributed by atoms with E-state index in [1.54, 1.807) is 0 Å². The first-order valence-electron chi connectivity index (χ1n) is 6.34. The van der Waals surface area contributed by atoms with Gasteiger partial charge in [0.2, 0.25) is 0 Å². The molecule has 0 amide bonds. The number of rotatable bonds is 3. The molecule has 19 heavy (non-hydrogen) atoms. The molecule has 2 nitrogen and oxygen atoms in total. The van der Waals surface area contributed by atoms with Crippen LogP contribution < -0.4 is 5.73 Å². The molecule has 0 aliphatic carbocycles. The van der Waals surface area contributed by atoms with Gasteiger partial charge < -0.3 is 10.7 Å². The van der Waals surface area contributed by atoms with Gasteiger partial charge in [-0.1, -0.05) is 35.9 Å². The van der Waals surface area contributed by atoms with Gasteiger partial charge in [-0.3, -0.25) is 0 Å². The fourth-order valence-electron chi connectivity index (χ4n) is 2.40. The lowest BCUT2D eigenvalue weighted by Crippen LogP contribution is -2.01. The molecule has 0 unspecified atom stereocenters. The van der Waals surface area contributed by atoms with Gasteiger partial charge in [0.05, 0.1) is 0 Å². The Hall–Kier alpha value is -1.77. The minimum Gasteiger partial charge on any atom is -0.361 e. The average Bonchev–Trinajstić information content (AvgIpc) is 2.82. The van der Waals surface area contributed by atoms with Gasteiger partial charge in [0.25, 0.3) is 0 Å². The molecule has 0 radical (unpaired) electrons. The fraction of sp³-hybridized carbons (Fsp3) is 0.125. The van der Waals surface area contributed by atoms with E-state index in [-0.39, 0.29) is 0 Å². The summed E-state index contributed by atoms with van der Waals surface area (Å²) in [5, 5.41) is 2.00. The van der Waals surface area contributed by atoms with Crippen molar-refractivity contribution in [2.24, 2.45) is 5.73 Å². The minimum absolute atomic E-state index is 0.670. The molecule has 3 rings (SSSR count). The molecule has 3 heteroatoms. The Labute approximate surface area is 117 Å². The van der Waals surface area contributed by atoms with Gasteiger partial charge in [-0.2, -0.15) is 0 Å². The molecule has 0 spiro atoms. The Kier molecular flexibility index (Phi) is 3.28. The summed E-state index contributed by atoms with van der Waals surface area (Å²) in [4.78, 5) is 3.31. The predicted octanol–water partition coefficient (Wildman–Crippen LogP) is 3.99. The van der Waals surface area contributed by atoms with Crippen LogP contribution in [0.4, 0.5) is 0 Å². The summed E-state index contributed by atoms with van der Waals surface area (Å²) in [6, 6.07) is 14.3. The SMILES string of the molecule is NCCc1c[nH]c2cc(-c3cccc(Cl)c3)ccc12. The maximum absolute atomic E-state index is 6.04. The quantitative estimate of drug-likeness (QED) is 0.742. The van der Waals surface area contributed by atoms with Crippen LogP contribution in [0.1, 0.15) is 5.56 Å². The predicted molar refractivity (Wildman–Crippen MR) is 81.5 cm³/mol. The van der Waals surface area contributed by atoms with E-state index in [1.807, 2.05) is 24.4 Å². The second kappa shape index (κ2) is 5.08. The summed E-state index contributed by atoms with van der Waals surface area (Å²) in [5.41, 5.74) is 10.3. The van der Waals surface area contributed by atoms with Gasteiger partial charge in [-0.15, -0.1) is 0 Å². The van der Waals surface area contributed by atoms with E-state index >= 15 is 0 Å². The number of H-pyrrole nitrogens is 1. The van der Waals surface area contributed by atoms with Crippen LogP contribution in [-0.4, -0.2) is 11.5 Å². The molecule has 3 aromatic rings. The summed E-state index contributed by atoms with van der Waals surface area (Å²) >= 11 is 6.04. The summed E-state index contributed by atoms with van der Waals surface area (Å²) in [7, 11) is 0. The van der Waals surface area contributed by atoms with Gasteiger partial charge in [-0.05, 0) is 47.9 Å². The second-order valence-electron chi connectivity index (χ2n) is 4.62. The lowest BCUT2D eigenvalue weighted by atomic mass is 10.0. The summed E-state index contributed by atoms with van der Waals surface area (Å²) in [5.74, 6) is 0. The van der Waals surface area contributed by atoms with Crippen LogP contribution in [0.5, 0.6) is 0 Å². The van der Waals surface area contributed by atoms with Crippen molar-refractivity contribution in [2.75, 3.05) is 6.54 Å². The van der Waals surface area contributed by atoms with Crippen molar-refractivity contribution in [3.63, 3.8) is 0 Å². The van der Waals surface area contributed by atoms with Gasteiger partial charge in [0.15, 0.2) is 0 Å².